The molecular weight excluding hydrogens is 290 g/mol. The van der Waals surface area contributed by atoms with E-state index in [-0.39, 0.29) is 12.5 Å². The minimum absolute atomic E-state index is 0.106. The zero-order chi connectivity index (χ0) is 16.4. The van der Waals surface area contributed by atoms with E-state index < -0.39 is 6.04 Å². The minimum atomic E-state index is -0.715. The standard InChI is InChI=1S/C17H19N5O/c1-11-3-2-4-14(7-11)22-16-8-13(6-5-12(16)10-20-22)21-17(23)15(19)9-18/h2-8,10,15H,9,18-19H2,1H3,(H,21,23)/t15-/m1/s1. The molecule has 0 fully saturated rings. The summed E-state index contributed by atoms with van der Waals surface area (Å²) in [4.78, 5) is 11.9. The van der Waals surface area contributed by atoms with Crippen molar-refractivity contribution in [2.45, 2.75) is 13.0 Å². The molecule has 1 aromatic heterocycles. The van der Waals surface area contributed by atoms with Crippen LogP contribution in [0.2, 0.25) is 0 Å². The lowest BCUT2D eigenvalue weighted by molar-refractivity contribution is -0.117. The molecule has 23 heavy (non-hydrogen) atoms. The van der Waals surface area contributed by atoms with Gasteiger partial charge >= 0.3 is 0 Å². The molecule has 0 saturated heterocycles. The number of hydrogen-bond acceptors (Lipinski definition) is 4. The zero-order valence-corrected chi connectivity index (χ0v) is 12.9. The van der Waals surface area contributed by atoms with E-state index in [1.807, 2.05) is 48.0 Å². The minimum Gasteiger partial charge on any atom is -0.328 e. The highest BCUT2D eigenvalue weighted by Gasteiger charge is 2.12. The lowest BCUT2D eigenvalue weighted by Crippen LogP contribution is -2.41. The van der Waals surface area contributed by atoms with Crippen LogP contribution in [0.3, 0.4) is 0 Å². The van der Waals surface area contributed by atoms with Crippen LogP contribution in [0.5, 0.6) is 0 Å². The number of anilines is 1. The molecule has 6 nitrogen and oxygen atoms in total. The van der Waals surface area contributed by atoms with Gasteiger partial charge in [0.15, 0.2) is 0 Å². The molecule has 0 bridgehead atoms. The molecule has 0 radical (unpaired) electrons. The smallest absolute Gasteiger partial charge is 0.242 e. The van der Waals surface area contributed by atoms with E-state index in [9.17, 15) is 4.79 Å². The van der Waals surface area contributed by atoms with E-state index in [2.05, 4.69) is 16.5 Å². The number of benzene rings is 2. The number of aromatic nitrogens is 2. The van der Waals surface area contributed by atoms with Gasteiger partial charge in [-0.3, -0.25) is 4.79 Å². The summed E-state index contributed by atoms with van der Waals surface area (Å²) in [5.41, 5.74) is 14.8. The van der Waals surface area contributed by atoms with Gasteiger partial charge in [-0.15, -0.1) is 0 Å². The van der Waals surface area contributed by atoms with Crippen molar-refractivity contribution in [1.82, 2.24) is 9.78 Å². The first kappa shape index (κ1) is 15.2. The molecule has 1 atom stereocenters. The third-order valence-electron chi connectivity index (χ3n) is 3.68. The Bertz CT molecular complexity index is 855. The Kier molecular flexibility index (Phi) is 4.10. The Morgan fingerprint density at radius 1 is 1.30 bits per heavy atom. The van der Waals surface area contributed by atoms with Crippen molar-refractivity contribution in [1.29, 1.82) is 0 Å². The summed E-state index contributed by atoms with van der Waals surface area (Å²) in [6.07, 6.45) is 1.80. The second-order valence-electron chi connectivity index (χ2n) is 5.50. The number of fused-ring (bicyclic) bond motifs is 1. The summed E-state index contributed by atoms with van der Waals surface area (Å²) in [7, 11) is 0. The molecule has 0 saturated carbocycles. The van der Waals surface area contributed by atoms with Crippen molar-refractivity contribution in [2.75, 3.05) is 11.9 Å². The van der Waals surface area contributed by atoms with Gasteiger partial charge in [-0.05, 0) is 42.8 Å². The molecule has 3 rings (SSSR count). The fraction of sp³-hybridized carbons (Fsp3) is 0.176. The molecule has 0 aliphatic heterocycles. The Hall–Kier alpha value is -2.70. The number of rotatable bonds is 4. The van der Waals surface area contributed by atoms with Gasteiger partial charge in [0, 0.05) is 17.6 Å². The Labute approximate surface area is 134 Å². The van der Waals surface area contributed by atoms with Crippen LogP contribution in [-0.2, 0) is 4.79 Å². The van der Waals surface area contributed by atoms with Crippen LogP contribution >= 0.6 is 0 Å². The number of aryl methyl sites for hydroxylation is 1. The average Bonchev–Trinajstić information content (AvgIpc) is 2.97. The Morgan fingerprint density at radius 3 is 2.87 bits per heavy atom. The molecule has 0 spiro atoms. The van der Waals surface area contributed by atoms with Crippen molar-refractivity contribution < 1.29 is 4.79 Å². The number of hydrogen-bond donors (Lipinski definition) is 3. The molecule has 5 N–H and O–H groups in total. The topological polar surface area (TPSA) is 99.0 Å². The molecule has 3 aromatic rings. The summed E-state index contributed by atoms with van der Waals surface area (Å²) in [5, 5.41) is 8.21. The first-order valence-corrected chi connectivity index (χ1v) is 7.40. The van der Waals surface area contributed by atoms with Crippen molar-refractivity contribution in [3.8, 4) is 5.69 Å². The Morgan fingerprint density at radius 2 is 2.13 bits per heavy atom. The van der Waals surface area contributed by atoms with Crippen LogP contribution in [0.25, 0.3) is 16.6 Å². The predicted octanol–water partition coefficient (Wildman–Crippen LogP) is 1.56. The first-order valence-electron chi connectivity index (χ1n) is 7.40. The largest absolute Gasteiger partial charge is 0.328 e. The molecule has 6 heteroatoms. The molecule has 118 valence electrons. The normalized spacial score (nSPS) is 12.3. The lowest BCUT2D eigenvalue weighted by Gasteiger charge is -2.11. The number of nitrogens with zero attached hydrogens (tertiary/aromatic N) is 2. The third kappa shape index (κ3) is 3.08. The van der Waals surface area contributed by atoms with Gasteiger partial charge < -0.3 is 16.8 Å². The lowest BCUT2D eigenvalue weighted by atomic mass is 10.2. The maximum Gasteiger partial charge on any atom is 0.242 e. The van der Waals surface area contributed by atoms with Crippen molar-refractivity contribution in [3.05, 3.63) is 54.2 Å². The third-order valence-corrected chi connectivity index (χ3v) is 3.68. The van der Waals surface area contributed by atoms with Gasteiger partial charge in [0.05, 0.1) is 23.4 Å². The van der Waals surface area contributed by atoms with E-state index in [1.54, 1.807) is 6.20 Å². The van der Waals surface area contributed by atoms with Crippen molar-refractivity contribution >= 4 is 22.5 Å². The fourth-order valence-corrected chi connectivity index (χ4v) is 2.40. The van der Waals surface area contributed by atoms with Crippen LogP contribution in [0, 0.1) is 6.92 Å². The van der Waals surface area contributed by atoms with Crippen LogP contribution in [0.4, 0.5) is 5.69 Å². The highest BCUT2D eigenvalue weighted by atomic mass is 16.2. The van der Waals surface area contributed by atoms with Crippen molar-refractivity contribution in [3.63, 3.8) is 0 Å². The number of carbonyl (C=O) groups is 1. The maximum atomic E-state index is 11.9. The van der Waals surface area contributed by atoms with Gasteiger partial charge in [-0.1, -0.05) is 12.1 Å². The van der Waals surface area contributed by atoms with Crippen LogP contribution in [0.1, 0.15) is 5.56 Å². The van der Waals surface area contributed by atoms with E-state index in [0.717, 1.165) is 22.2 Å². The zero-order valence-electron chi connectivity index (χ0n) is 12.9. The molecule has 1 amide bonds. The molecule has 0 aliphatic carbocycles. The number of nitrogens with one attached hydrogen (secondary N) is 1. The highest BCUT2D eigenvalue weighted by Crippen LogP contribution is 2.22. The van der Waals surface area contributed by atoms with Crippen LogP contribution in [-0.4, -0.2) is 28.3 Å². The number of carbonyl (C=O) groups excluding carboxylic acids is 1. The SMILES string of the molecule is Cc1cccc(-n2ncc3ccc(NC(=O)[C@H](N)CN)cc32)c1. The van der Waals surface area contributed by atoms with Gasteiger partial charge in [0.1, 0.15) is 0 Å². The predicted molar refractivity (Wildman–Crippen MR) is 91.5 cm³/mol. The summed E-state index contributed by atoms with van der Waals surface area (Å²) < 4.78 is 1.85. The van der Waals surface area contributed by atoms with E-state index in [4.69, 9.17) is 11.5 Å². The maximum absolute atomic E-state index is 11.9. The molecule has 0 unspecified atom stereocenters. The van der Waals surface area contributed by atoms with E-state index in [0.29, 0.717) is 5.69 Å². The molecular formula is C17H19N5O. The van der Waals surface area contributed by atoms with Crippen molar-refractivity contribution in [2.24, 2.45) is 11.5 Å². The second-order valence-corrected chi connectivity index (χ2v) is 5.50. The molecule has 2 aromatic carbocycles. The van der Waals surface area contributed by atoms with Gasteiger partial charge in [-0.25, -0.2) is 4.68 Å². The number of nitrogens with two attached hydrogens (primary N) is 2. The Balaban J connectivity index is 1.99. The van der Waals surface area contributed by atoms with Crippen LogP contribution in [0.15, 0.2) is 48.7 Å². The monoisotopic (exact) mass is 309 g/mol. The average molecular weight is 309 g/mol. The highest BCUT2D eigenvalue weighted by molar-refractivity contribution is 5.96. The van der Waals surface area contributed by atoms with Gasteiger partial charge in [0.2, 0.25) is 5.91 Å². The number of amides is 1. The summed E-state index contributed by atoms with van der Waals surface area (Å²) in [6, 6.07) is 13.0. The molecule has 1 heterocycles. The molecule has 0 aliphatic rings. The summed E-state index contributed by atoms with van der Waals surface area (Å²) in [6.45, 7) is 2.14. The quantitative estimate of drug-likeness (QED) is 0.681. The van der Waals surface area contributed by atoms with Crippen LogP contribution < -0.4 is 16.8 Å². The van der Waals surface area contributed by atoms with E-state index in [1.165, 1.54) is 0 Å². The van der Waals surface area contributed by atoms with Gasteiger partial charge in [0.25, 0.3) is 0 Å². The van der Waals surface area contributed by atoms with E-state index >= 15 is 0 Å². The fourth-order valence-electron chi connectivity index (χ4n) is 2.40. The summed E-state index contributed by atoms with van der Waals surface area (Å²) in [5.74, 6) is -0.298. The second kappa shape index (κ2) is 6.20. The first-order chi connectivity index (χ1) is 11.1. The summed E-state index contributed by atoms with van der Waals surface area (Å²) >= 11 is 0. The van der Waals surface area contributed by atoms with Gasteiger partial charge in [-0.2, -0.15) is 5.10 Å².